The molecule has 0 saturated heterocycles. The van der Waals surface area contributed by atoms with Gasteiger partial charge in [0, 0.05) is 11.5 Å². The molecule has 1 N–H and O–H groups in total. The molecule has 2 rings (SSSR count). The lowest BCUT2D eigenvalue weighted by Gasteiger charge is -2.38. The Kier molecular flexibility index (Phi) is 3.83. The first-order valence-corrected chi connectivity index (χ1v) is 7.21. The van der Waals surface area contributed by atoms with Crippen LogP contribution in [0.4, 0.5) is 30.7 Å². The molecule has 2 aliphatic rings. The Labute approximate surface area is 133 Å². The quantitative estimate of drug-likeness (QED) is 0.507. The minimum atomic E-state index is -6.43. The molecule has 1 saturated carbocycles. The second-order valence-corrected chi connectivity index (χ2v) is 6.98. The van der Waals surface area contributed by atoms with Gasteiger partial charge in [-0.2, -0.15) is 30.7 Å². The number of allylic oxidation sites excluding steroid dienone is 2. The van der Waals surface area contributed by atoms with Crippen LogP contribution in [0.25, 0.3) is 0 Å². The summed E-state index contributed by atoms with van der Waals surface area (Å²) in [5, 5.41) is 9.15. The summed E-state index contributed by atoms with van der Waals surface area (Å²) in [5.74, 6) is -15.5. The summed E-state index contributed by atoms with van der Waals surface area (Å²) in [6.45, 7) is 1.10. The number of hydrogen-bond donors (Lipinski definition) is 1. The third-order valence-corrected chi connectivity index (χ3v) is 5.96. The van der Waals surface area contributed by atoms with Crippen molar-refractivity contribution < 1.29 is 40.6 Å². The molecule has 0 radical (unpaired) electrons. The van der Waals surface area contributed by atoms with Crippen LogP contribution in [0.2, 0.25) is 0 Å². The summed E-state index contributed by atoms with van der Waals surface area (Å²) >= 11 is 1.33. The van der Waals surface area contributed by atoms with Gasteiger partial charge in [0.2, 0.25) is 0 Å². The largest absolute Gasteiger partial charge is 0.481 e. The summed E-state index contributed by atoms with van der Waals surface area (Å²) in [5.41, 5.74) is -3.14. The van der Waals surface area contributed by atoms with Crippen molar-refractivity contribution in [3.8, 4) is 0 Å². The number of carboxylic acids is 1. The number of carbonyl (C=O) groups is 1. The van der Waals surface area contributed by atoms with Crippen molar-refractivity contribution >= 4 is 28.6 Å². The first kappa shape index (κ1) is 17.8. The normalized spacial score (nSPS) is 32.8. The molecule has 2 bridgehead atoms. The van der Waals surface area contributed by atoms with Crippen LogP contribution in [-0.4, -0.2) is 29.1 Å². The Hall–Kier alpha value is -0.550. The minimum absolute atomic E-state index is 0.0531. The molecule has 2 nitrogen and oxygen atoms in total. The maximum Gasteiger partial charge on any atom is 0.460 e. The monoisotopic (exact) mass is 446 g/mol. The molecule has 126 valence electrons. The molecule has 2 aliphatic carbocycles. The first-order chi connectivity index (χ1) is 9.68. The van der Waals surface area contributed by atoms with E-state index >= 15 is 0 Å². The van der Waals surface area contributed by atoms with Crippen molar-refractivity contribution in [3.05, 3.63) is 9.15 Å². The number of rotatable bonds is 3. The van der Waals surface area contributed by atoms with Crippen LogP contribution < -0.4 is 0 Å². The number of halogens is 8. The zero-order valence-electron chi connectivity index (χ0n) is 10.9. The molecule has 0 aromatic heterocycles. The zero-order valence-corrected chi connectivity index (χ0v) is 13.1. The lowest BCUT2D eigenvalue weighted by atomic mass is 9.71. The maximum absolute atomic E-state index is 14.0. The van der Waals surface area contributed by atoms with Crippen LogP contribution in [0, 0.1) is 17.3 Å². The molecule has 10 heteroatoms. The fraction of sp³-hybridized carbons (Fsp3) is 0.750. The SMILES string of the molecule is C[C@]1(C(=O)O)C[C@@H]2C[C@H]1C(C(F)(F)C(F)(F)C(F)(F)F)=C2I. The van der Waals surface area contributed by atoms with Crippen LogP contribution in [0.15, 0.2) is 9.15 Å². The second kappa shape index (κ2) is 4.73. The van der Waals surface area contributed by atoms with E-state index in [0.717, 1.165) is 6.92 Å². The molecular weight excluding hydrogens is 436 g/mol. The van der Waals surface area contributed by atoms with E-state index in [4.69, 9.17) is 5.11 Å². The third kappa shape index (κ3) is 2.08. The molecule has 0 unspecified atom stereocenters. The number of carboxylic acid groups (broad SMARTS) is 1. The van der Waals surface area contributed by atoms with Crippen molar-refractivity contribution in [3.63, 3.8) is 0 Å². The lowest BCUT2D eigenvalue weighted by molar-refractivity contribution is -0.346. The Morgan fingerprint density at radius 2 is 1.73 bits per heavy atom. The van der Waals surface area contributed by atoms with Crippen molar-refractivity contribution in [1.29, 1.82) is 0 Å². The summed E-state index contributed by atoms with van der Waals surface area (Å²) in [6, 6.07) is 0. The molecule has 0 aromatic carbocycles. The number of alkyl halides is 7. The molecule has 22 heavy (non-hydrogen) atoms. The average Bonchev–Trinajstić information content (AvgIpc) is 2.82. The standard InChI is InChI=1S/C12H10F7IO2/c1-9(8(21)22)3-4-2-5(9)6(7(4)20)10(13,14)11(15,16)12(17,18)19/h4-5H,2-3H2,1H3,(H,21,22)/t4-,5-,9-/m0/s1. The fourth-order valence-electron chi connectivity index (χ4n) is 3.25. The lowest BCUT2D eigenvalue weighted by Crippen LogP contribution is -2.55. The van der Waals surface area contributed by atoms with E-state index in [1.807, 2.05) is 0 Å². The highest BCUT2D eigenvalue weighted by Crippen LogP contribution is 2.66. The molecule has 0 spiro atoms. The summed E-state index contributed by atoms with van der Waals surface area (Å²) in [6.07, 6.45) is -6.63. The molecular formula is C12H10F7IO2. The highest BCUT2D eigenvalue weighted by molar-refractivity contribution is 14.1. The fourth-order valence-corrected chi connectivity index (χ4v) is 4.44. The van der Waals surface area contributed by atoms with E-state index in [1.54, 1.807) is 0 Å². The number of fused-ring (bicyclic) bond motifs is 2. The van der Waals surface area contributed by atoms with Crippen LogP contribution in [0.1, 0.15) is 19.8 Å². The van der Waals surface area contributed by atoms with Gasteiger partial charge in [0.25, 0.3) is 0 Å². The molecule has 0 aromatic rings. The first-order valence-electron chi connectivity index (χ1n) is 6.13. The predicted molar refractivity (Wildman–Crippen MR) is 69.0 cm³/mol. The van der Waals surface area contributed by atoms with Crippen LogP contribution in [-0.2, 0) is 4.79 Å². The van der Waals surface area contributed by atoms with E-state index in [0.29, 0.717) is 0 Å². The Bertz CT molecular complexity index is 554. The van der Waals surface area contributed by atoms with Gasteiger partial charge in [-0.25, -0.2) is 0 Å². The van der Waals surface area contributed by atoms with Crippen molar-refractivity contribution in [2.75, 3.05) is 0 Å². The predicted octanol–water partition coefficient (Wildman–Crippen LogP) is 4.64. The Balaban J connectivity index is 2.55. The number of aliphatic carboxylic acids is 1. The van der Waals surface area contributed by atoms with Gasteiger partial charge >= 0.3 is 24.0 Å². The molecule has 0 amide bonds. The van der Waals surface area contributed by atoms with E-state index in [2.05, 4.69) is 0 Å². The summed E-state index contributed by atoms with van der Waals surface area (Å²) in [4.78, 5) is 11.3. The smallest absolute Gasteiger partial charge is 0.460 e. The topological polar surface area (TPSA) is 37.3 Å². The van der Waals surface area contributed by atoms with Gasteiger partial charge in [0.1, 0.15) is 0 Å². The minimum Gasteiger partial charge on any atom is -0.481 e. The van der Waals surface area contributed by atoms with E-state index < -0.39 is 46.8 Å². The van der Waals surface area contributed by atoms with Crippen molar-refractivity contribution in [2.24, 2.45) is 17.3 Å². The van der Waals surface area contributed by atoms with Gasteiger partial charge < -0.3 is 5.11 Å². The third-order valence-electron chi connectivity index (χ3n) is 4.50. The van der Waals surface area contributed by atoms with Crippen molar-refractivity contribution in [1.82, 2.24) is 0 Å². The highest BCUT2D eigenvalue weighted by Gasteiger charge is 2.77. The summed E-state index contributed by atoms with van der Waals surface area (Å²) < 4.78 is 91.2. The van der Waals surface area contributed by atoms with Gasteiger partial charge in [-0.3, -0.25) is 4.79 Å². The van der Waals surface area contributed by atoms with E-state index in [9.17, 15) is 35.5 Å². The van der Waals surface area contributed by atoms with Crippen LogP contribution >= 0.6 is 22.6 Å². The second-order valence-electron chi connectivity index (χ2n) is 5.82. The Morgan fingerprint density at radius 1 is 1.23 bits per heavy atom. The average molecular weight is 446 g/mol. The molecule has 0 aliphatic heterocycles. The van der Waals surface area contributed by atoms with Crippen LogP contribution in [0.5, 0.6) is 0 Å². The van der Waals surface area contributed by atoms with Crippen LogP contribution in [0.3, 0.4) is 0 Å². The van der Waals surface area contributed by atoms with Gasteiger partial charge in [0.05, 0.1) is 5.41 Å². The zero-order chi connectivity index (χ0) is 17.3. The van der Waals surface area contributed by atoms with Crippen molar-refractivity contribution in [2.45, 2.75) is 37.8 Å². The van der Waals surface area contributed by atoms with Gasteiger partial charge in [-0.05, 0) is 51.9 Å². The van der Waals surface area contributed by atoms with Gasteiger partial charge in [-0.1, -0.05) is 0 Å². The van der Waals surface area contributed by atoms with E-state index in [-0.39, 0.29) is 16.4 Å². The Morgan fingerprint density at radius 3 is 2.09 bits per heavy atom. The number of hydrogen-bond acceptors (Lipinski definition) is 1. The van der Waals surface area contributed by atoms with Gasteiger partial charge in [-0.15, -0.1) is 0 Å². The van der Waals surface area contributed by atoms with E-state index in [1.165, 1.54) is 22.6 Å². The highest BCUT2D eigenvalue weighted by atomic mass is 127. The molecule has 1 fully saturated rings. The summed E-state index contributed by atoms with van der Waals surface area (Å²) in [7, 11) is 0. The van der Waals surface area contributed by atoms with Gasteiger partial charge in [0.15, 0.2) is 0 Å². The molecule has 3 atom stereocenters. The maximum atomic E-state index is 14.0. The molecule has 0 heterocycles.